The van der Waals surface area contributed by atoms with Gasteiger partial charge in [0.25, 0.3) is 5.91 Å². The Morgan fingerprint density at radius 3 is 2.54 bits per heavy atom. The molecular weight excluding hydrogens is 454 g/mol. The van der Waals surface area contributed by atoms with Crippen LogP contribution in [0.25, 0.3) is 6.08 Å². The maximum atomic E-state index is 15.1. The van der Waals surface area contributed by atoms with Crippen LogP contribution in [0.2, 0.25) is 0 Å². The van der Waals surface area contributed by atoms with E-state index in [1.807, 2.05) is 6.92 Å². The second kappa shape index (κ2) is 9.13. The number of urea groups is 1. The van der Waals surface area contributed by atoms with Crippen LogP contribution < -0.4 is 15.5 Å². The molecule has 0 aliphatic carbocycles. The first-order valence-electron chi connectivity index (χ1n) is 11.5. The lowest BCUT2D eigenvalue weighted by Crippen LogP contribution is -2.48. The minimum atomic E-state index is -0.777. The van der Waals surface area contributed by atoms with Gasteiger partial charge in [-0.15, -0.1) is 0 Å². The van der Waals surface area contributed by atoms with Gasteiger partial charge >= 0.3 is 6.03 Å². The van der Waals surface area contributed by atoms with Crippen molar-refractivity contribution in [1.29, 1.82) is 0 Å². The van der Waals surface area contributed by atoms with Crippen molar-refractivity contribution >= 4 is 35.3 Å². The second-order valence-corrected chi connectivity index (χ2v) is 9.53. The number of carbonyl (C=O) groups excluding carboxylic acids is 3. The number of imide groups is 1. The normalized spacial score (nSPS) is 20.2. The minimum absolute atomic E-state index is 0.112. The van der Waals surface area contributed by atoms with Gasteiger partial charge < -0.3 is 15.5 Å². The van der Waals surface area contributed by atoms with Crippen molar-refractivity contribution in [2.24, 2.45) is 0 Å². The van der Waals surface area contributed by atoms with E-state index in [2.05, 4.69) is 36.3 Å². The molecule has 2 aromatic carbocycles. The molecule has 0 spiro atoms. The third kappa shape index (κ3) is 4.76. The summed E-state index contributed by atoms with van der Waals surface area (Å²) in [6, 6.07) is 7.52. The van der Waals surface area contributed by atoms with Gasteiger partial charge in [0.05, 0.1) is 0 Å². The number of hydrogen-bond donors (Lipinski definition) is 2. The van der Waals surface area contributed by atoms with E-state index in [0.29, 0.717) is 5.69 Å². The minimum Gasteiger partial charge on any atom is -0.366 e. The van der Waals surface area contributed by atoms with Gasteiger partial charge in [0.2, 0.25) is 5.91 Å². The van der Waals surface area contributed by atoms with Gasteiger partial charge in [-0.25, -0.2) is 18.5 Å². The topological polar surface area (TPSA) is 81.8 Å². The third-order valence-corrected chi connectivity index (χ3v) is 6.51. The van der Waals surface area contributed by atoms with Gasteiger partial charge in [-0.2, -0.15) is 0 Å². The molecule has 2 heterocycles. The van der Waals surface area contributed by atoms with E-state index in [-0.39, 0.29) is 22.7 Å². The highest BCUT2D eigenvalue weighted by Gasteiger charge is 2.37. The molecule has 0 bridgehead atoms. The van der Waals surface area contributed by atoms with Crippen LogP contribution >= 0.6 is 0 Å². The van der Waals surface area contributed by atoms with E-state index in [4.69, 9.17) is 0 Å². The zero-order valence-electron chi connectivity index (χ0n) is 20.1. The Bertz CT molecular complexity index is 1220. The van der Waals surface area contributed by atoms with Crippen LogP contribution in [0.1, 0.15) is 51.2 Å². The highest BCUT2D eigenvalue weighted by atomic mass is 19.1. The van der Waals surface area contributed by atoms with Crippen molar-refractivity contribution in [3.05, 3.63) is 64.9 Å². The maximum Gasteiger partial charge on any atom is 0.329 e. The summed E-state index contributed by atoms with van der Waals surface area (Å²) in [5.74, 6) is -2.14. The Morgan fingerprint density at radius 1 is 1.20 bits per heavy atom. The molecule has 4 rings (SSSR count). The standard InChI is InChI=1S/C26H28F2N4O3/c1-5-32-22-12-20(28)16(10-19(22)15(2)13-26(32,3)4)11-21-24(34)31(25(35)30-21)14-23(33)29-18-8-6-17(27)7-9-18/h6-12,15H,5,13-14H2,1-4H3,(H,29,33)(H,30,35)/b21-11+. The Balaban J connectivity index is 1.55. The number of hydrogen-bond acceptors (Lipinski definition) is 4. The molecule has 0 aromatic heterocycles. The number of fused-ring (bicyclic) bond motifs is 1. The fourth-order valence-corrected chi connectivity index (χ4v) is 4.98. The van der Waals surface area contributed by atoms with E-state index < -0.39 is 36.0 Å². The number of halogens is 2. The van der Waals surface area contributed by atoms with Gasteiger partial charge in [0, 0.05) is 29.0 Å². The number of nitrogens with one attached hydrogen (secondary N) is 2. The van der Waals surface area contributed by atoms with Crippen molar-refractivity contribution in [3.63, 3.8) is 0 Å². The van der Waals surface area contributed by atoms with Crippen LogP contribution in [0.3, 0.4) is 0 Å². The summed E-state index contributed by atoms with van der Waals surface area (Å²) in [5, 5.41) is 4.92. The molecule has 1 atom stereocenters. The fourth-order valence-electron chi connectivity index (χ4n) is 4.98. The van der Waals surface area contributed by atoms with Gasteiger partial charge in [-0.1, -0.05) is 6.92 Å². The largest absolute Gasteiger partial charge is 0.366 e. The van der Waals surface area contributed by atoms with Gasteiger partial charge in [0.1, 0.15) is 23.9 Å². The van der Waals surface area contributed by atoms with Crippen molar-refractivity contribution in [3.8, 4) is 0 Å². The fraction of sp³-hybridized carbons (Fsp3) is 0.346. The highest BCUT2D eigenvalue weighted by molar-refractivity contribution is 6.16. The number of amides is 4. The SMILES string of the molecule is CCN1c2cc(F)c(/C=C3/NC(=O)N(CC(=O)Nc4ccc(F)cc4)C3=O)cc2C(C)CC1(C)C. The lowest BCUT2D eigenvalue weighted by atomic mass is 9.79. The summed E-state index contributed by atoms with van der Waals surface area (Å²) in [6.07, 6.45) is 2.19. The van der Waals surface area contributed by atoms with Crippen LogP contribution in [0, 0.1) is 11.6 Å². The van der Waals surface area contributed by atoms with Gasteiger partial charge in [-0.3, -0.25) is 9.59 Å². The van der Waals surface area contributed by atoms with Gasteiger partial charge in [0.15, 0.2) is 0 Å². The Morgan fingerprint density at radius 2 is 1.89 bits per heavy atom. The number of carbonyl (C=O) groups is 3. The van der Waals surface area contributed by atoms with Crippen molar-refractivity contribution in [2.45, 2.75) is 45.6 Å². The van der Waals surface area contributed by atoms with E-state index in [9.17, 15) is 18.8 Å². The molecule has 1 unspecified atom stereocenters. The molecule has 1 saturated heterocycles. The lowest BCUT2D eigenvalue weighted by Gasteiger charge is -2.47. The number of anilines is 2. The molecule has 0 saturated carbocycles. The molecule has 7 nitrogen and oxygen atoms in total. The van der Waals surface area contributed by atoms with Crippen LogP contribution in [0.4, 0.5) is 25.0 Å². The number of benzene rings is 2. The maximum absolute atomic E-state index is 15.1. The molecule has 2 aliphatic rings. The lowest BCUT2D eigenvalue weighted by molar-refractivity contribution is -0.127. The quantitative estimate of drug-likeness (QED) is 0.482. The van der Waals surface area contributed by atoms with Crippen LogP contribution in [0.15, 0.2) is 42.1 Å². The zero-order valence-corrected chi connectivity index (χ0v) is 20.1. The molecule has 184 valence electrons. The number of nitrogens with zero attached hydrogens (tertiary/aromatic N) is 2. The predicted molar refractivity (Wildman–Crippen MR) is 130 cm³/mol. The highest BCUT2D eigenvalue weighted by Crippen LogP contribution is 2.44. The average Bonchev–Trinajstić information content (AvgIpc) is 3.03. The molecule has 2 aliphatic heterocycles. The summed E-state index contributed by atoms with van der Waals surface area (Å²) in [4.78, 5) is 40.4. The predicted octanol–water partition coefficient (Wildman–Crippen LogP) is 4.61. The van der Waals surface area contributed by atoms with Crippen LogP contribution in [0.5, 0.6) is 0 Å². The van der Waals surface area contributed by atoms with Gasteiger partial charge in [-0.05, 0) is 81.1 Å². The van der Waals surface area contributed by atoms with E-state index in [1.54, 1.807) is 6.07 Å². The summed E-state index contributed by atoms with van der Waals surface area (Å²) >= 11 is 0. The summed E-state index contributed by atoms with van der Waals surface area (Å²) < 4.78 is 28.2. The van der Waals surface area contributed by atoms with E-state index in [0.717, 1.165) is 29.1 Å². The van der Waals surface area contributed by atoms with Crippen molar-refractivity contribution in [2.75, 3.05) is 23.3 Å². The average molecular weight is 483 g/mol. The first-order valence-corrected chi connectivity index (χ1v) is 11.5. The summed E-state index contributed by atoms with van der Waals surface area (Å²) in [7, 11) is 0. The molecule has 1 fully saturated rings. The Labute approximate surface area is 202 Å². The first kappa shape index (κ1) is 24.4. The van der Waals surface area contributed by atoms with Crippen LogP contribution in [-0.2, 0) is 9.59 Å². The third-order valence-electron chi connectivity index (χ3n) is 6.51. The molecule has 2 aromatic rings. The molecule has 4 amide bonds. The van der Waals surface area contributed by atoms with Crippen molar-refractivity contribution in [1.82, 2.24) is 10.2 Å². The Hall–Kier alpha value is -3.75. The molecular formula is C26H28F2N4O3. The number of rotatable bonds is 5. The first-order chi connectivity index (χ1) is 16.5. The molecule has 0 radical (unpaired) electrons. The molecule has 35 heavy (non-hydrogen) atoms. The van der Waals surface area contributed by atoms with Crippen molar-refractivity contribution < 1.29 is 23.2 Å². The van der Waals surface area contributed by atoms with E-state index in [1.165, 1.54) is 36.4 Å². The zero-order chi connectivity index (χ0) is 25.5. The Kier molecular flexibility index (Phi) is 6.36. The molecule has 9 heteroatoms. The second-order valence-electron chi connectivity index (χ2n) is 9.53. The van der Waals surface area contributed by atoms with E-state index >= 15 is 4.39 Å². The molecule has 2 N–H and O–H groups in total. The summed E-state index contributed by atoms with van der Waals surface area (Å²) in [5.41, 5.74) is 2.10. The van der Waals surface area contributed by atoms with Crippen LogP contribution in [-0.4, -0.2) is 41.4 Å². The monoisotopic (exact) mass is 482 g/mol. The summed E-state index contributed by atoms with van der Waals surface area (Å²) in [6.45, 7) is 8.59. The smallest absolute Gasteiger partial charge is 0.329 e.